The van der Waals surface area contributed by atoms with Crippen LogP contribution < -0.4 is 11.1 Å². The monoisotopic (exact) mass is 353 g/mol. The van der Waals surface area contributed by atoms with Gasteiger partial charge in [-0.05, 0) is 41.5 Å². The van der Waals surface area contributed by atoms with Crippen LogP contribution in [0, 0.1) is 0 Å². The first kappa shape index (κ1) is 15.7. The Hall–Kier alpha value is -3.53. The molecule has 0 aliphatic carbocycles. The molecule has 3 aromatic carbocycles. The van der Waals surface area contributed by atoms with Crippen LogP contribution in [-0.2, 0) is 0 Å². The Kier molecular flexibility index (Phi) is 3.68. The molecule has 3 N–H and O–H groups in total. The van der Waals surface area contributed by atoms with Crippen molar-refractivity contribution < 1.29 is 4.42 Å². The van der Waals surface area contributed by atoms with Crippen LogP contribution in [-0.4, -0.2) is 18.9 Å². The number of aliphatic imine (C=N–C) groups is 1. The number of fused-ring (bicyclic) bond motifs is 1. The van der Waals surface area contributed by atoms with Crippen molar-refractivity contribution in [3.8, 4) is 22.5 Å². The number of amidine groups is 1. The minimum atomic E-state index is 0.763. The number of benzene rings is 3. The zero-order chi connectivity index (χ0) is 18.2. The predicted octanol–water partition coefficient (Wildman–Crippen LogP) is 4.70. The number of nitrogen functional groups attached to an aromatic ring is 1. The standard InChI is InChI=1S/C23H19N3O/c24-18-5-3-4-15(13-18)16-8-9-21-17(12-16)14-22(27-21)19-6-1-2-7-20(19)23-25-10-11-26-23/h1-9,12-14H,10-11,24H2,(H,25,26). The van der Waals surface area contributed by atoms with Gasteiger partial charge in [0, 0.05) is 28.7 Å². The Morgan fingerprint density at radius 1 is 0.852 bits per heavy atom. The van der Waals surface area contributed by atoms with Crippen LogP contribution in [0.2, 0.25) is 0 Å². The van der Waals surface area contributed by atoms with E-state index in [1.807, 2.05) is 36.4 Å². The van der Waals surface area contributed by atoms with Gasteiger partial charge in [-0.3, -0.25) is 4.99 Å². The summed E-state index contributed by atoms with van der Waals surface area (Å²) in [6.07, 6.45) is 0. The number of hydrogen-bond donors (Lipinski definition) is 2. The predicted molar refractivity (Wildman–Crippen MR) is 111 cm³/mol. The van der Waals surface area contributed by atoms with Crippen molar-refractivity contribution in [2.24, 2.45) is 4.99 Å². The van der Waals surface area contributed by atoms with E-state index in [1.165, 1.54) is 0 Å². The summed E-state index contributed by atoms with van der Waals surface area (Å²) in [5.74, 6) is 1.79. The number of furan rings is 1. The fourth-order valence-corrected chi connectivity index (χ4v) is 3.56. The van der Waals surface area contributed by atoms with E-state index in [-0.39, 0.29) is 0 Å². The molecule has 0 saturated carbocycles. The third kappa shape index (κ3) is 2.85. The quantitative estimate of drug-likeness (QED) is 0.525. The van der Waals surface area contributed by atoms with Gasteiger partial charge in [0.1, 0.15) is 17.2 Å². The molecule has 2 heterocycles. The summed E-state index contributed by atoms with van der Waals surface area (Å²) in [5.41, 5.74) is 11.9. The van der Waals surface area contributed by atoms with Gasteiger partial charge in [0.05, 0.1) is 6.54 Å². The molecule has 0 saturated heterocycles. The molecule has 0 bridgehead atoms. The van der Waals surface area contributed by atoms with Gasteiger partial charge in [-0.25, -0.2) is 0 Å². The van der Waals surface area contributed by atoms with E-state index in [0.29, 0.717) is 0 Å². The van der Waals surface area contributed by atoms with Gasteiger partial charge in [0.15, 0.2) is 0 Å². The maximum atomic E-state index is 6.16. The molecule has 4 heteroatoms. The molecule has 0 atom stereocenters. The second-order valence-electron chi connectivity index (χ2n) is 6.69. The van der Waals surface area contributed by atoms with Crippen LogP contribution in [0.4, 0.5) is 5.69 Å². The molecule has 132 valence electrons. The smallest absolute Gasteiger partial charge is 0.136 e. The van der Waals surface area contributed by atoms with Crippen LogP contribution in [0.5, 0.6) is 0 Å². The Morgan fingerprint density at radius 3 is 2.52 bits per heavy atom. The molecule has 1 aliphatic rings. The molecule has 0 spiro atoms. The molecular weight excluding hydrogens is 334 g/mol. The van der Waals surface area contributed by atoms with E-state index in [2.05, 4.69) is 46.7 Å². The molecular formula is C23H19N3O. The topological polar surface area (TPSA) is 63.5 Å². The van der Waals surface area contributed by atoms with E-state index in [0.717, 1.165) is 63.6 Å². The lowest BCUT2D eigenvalue weighted by Gasteiger charge is -2.07. The Bertz CT molecular complexity index is 1170. The van der Waals surface area contributed by atoms with Gasteiger partial charge in [-0.1, -0.05) is 42.5 Å². The van der Waals surface area contributed by atoms with E-state index in [4.69, 9.17) is 10.2 Å². The van der Waals surface area contributed by atoms with Gasteiger partial charge >= 0.3 is 0 Å². The maximum absolute atomic E-state index is 6.16. The summed E-state index contributed by atoms with van der Waals surface area (Å²) in [4.78, 5) is 4.56. The molecule has 0 unspecified atom stereocenters. The number of nitrogens with two attached hydrogens (primary N) is 1. The van der Waals surface area contributed by atoms with Crippen LogP contribution in [0.25, 0.3) is 33.4 Å². The lowest BCUT2D eigenvalue weighted by molar-refractivity contribution is 0.631. The van der Waals surface area contributed by atoms with Crippen LogP contribution in [0.3, 0.4) is 0 Å². The van der Waals surface area contributed by atoms with Gasteiger partial charge in [0.25, 0.3) is 0 Å². The first-order chi connectivity index (χ1) is 13.3. The summed E-state index contributed by atoms with van der Waals surface area (Å²) in [5, 5.41) is 4.42. The lowest BCUT2D eigenvalue weighted by Crippen LogP contribution is -2.20. The van der Waals surface area contributed by atoms with E-state index in [9.17, 15) is 0 Å². The third-order valence-electron chi connectivity index (χ3n) is 4.86. The van der Waals surface area contributed by atoms with E-state index in [1.54, 1.807) is 0 Å². The van der Waals surface area contributed by atoms with Crippen molar-refractivity contribution in [1.29, 1.82) is 0 Å². The van der Waals surface area contributed by atoms with Crippen molar-refractivity contribution in [1.82, 2.24) is 5.32 Å². The van der Waals surface area contributed by atoms with Gasteiger partial charge in [-0.15, -0.1) is 0 Å². The number of nitrogens with one attached hydrogen (secondary N) is 1. The van der Waals surface area contributed by atoms with Crippen LogP contribution >= 0.6 is 0 Å². The molecule has 5 rings (SSSR count). The molecule has 1 aliphatic heterocycles. The molecule has 4 nitrogen and oxygen atoms in total. The molecule has 1 aromatic heterocycles. The normalized spacial score (nSPS) is 13.6. The van der Waals surface area contributed by atoms with Gasteiger partial charge < -0.3 is 15.5 Å². The fraction of sp³-hybridized carbons (Fsp3) is 0.0870. The molecule has 27 heavy (non-hydrogen) atoms. The van der Waals surface area contributed by atoms with Crippen LogP contribution in [0.1, 0.15) is 5.56 Å². The number of nitrogens with zero attached hydrogens (tertiary/aromatic N) is 1. The van der Waals surface area contributed by atoms with Crippen molar-refractivity contribution >= 4 is 22.5 Å². The summed E-state index contributed by atoms with van der Waals surface area (Å²) < 4.78 is 6.16. The SMILES string of the molecule is Nc1cccc(-c2ccc3oc(-c4ccccc4C4=NCCN4)cc3c2)c1. The average Bonchev–Trinajstić information content (AvgIpc) is 3.37. The second kappa shape index (κ2) is 6.32. The lowest BCUT2D eigenvalue weighted by atomic mass is 10.0. The molecule has 0 radical (unpaired) electrons. The number of rotatable bonds is 3. The van der Waals surface area contributed by atoms with Crippen molar-refractivity contribution in [3.05, 3.63) is 78.4 Å². The van der Waals surface area contributed by atoms with Gasteiger partial charge in [-0.2, -0.15) is 0 Å². The van der Waals surface area contributed by atoms with E-state index < -0.39 is 0 Å². The largest absolute Gasteiger partial charge is 0.456 e. The molecule has 0 amide bonds. The summed E-state index contributed by atoms with van der Waals surface area (Å²) in [6.45, 7) is 1.70. The highest BCUT2D eigenvalue weighted by Crippen LogP contribution is 2.33. The summed E-state index contributed by atoms with van der Waals surface area (Å²) in [6, 6.07) is 24.5. The first-order valence-corrected chi connectivity index (χ1v) is 9.05. The minimum Gasteiger partial charge on any atom is -0.456 e. The van der Waals surface area contributed by atoms with Crippen molar-refractivity contribution in [3.63, 3.8) is 0 Å². The molecule has 4 aromatic rings. The highest BCUT2D eigenvalue weighted by molar-refractivity contribution is 6.05. The highest BCUT2D eigenvalue weighted by Gasteiger charge is 2.16. The minimum absolute atomic E-state index is 0.763. The maximum Gasteiger partial charge on any atom is 0.136 e. The van der Waals surface area contributed by atoms with Crippen molar-refractivity contribution in [2.75, 3.05) is 18.8 Å². The first-order valence-electron chi connectivity index (χ1n) is 9.05. The Balaban J connectivity index is 1.60. The summed E-state index contributed by atoms with van der Waals surface area (Å²) in [7, 11) is 0. The fourth-order valence-electron chi connectivity index (χ4n) is 3.56. The average molecular weight is 353 g/mol. The third-order valence-corrected chi connectivity index (χ3v) is 4.86. The van der Waals surface area contributed by atoms with Crippen molar-refractivity contribution in [2.45, 2.75) is 0 Å². The Labute approximate surface area is 157 Å². The molecule has 0 fully saturated rings. The number of anilines is 1. The zero-order valence-corrected chi connectivity index (χ0v) is 14.8. The second-order valence-corrected chi connectivity index (χ2v) is 6.69. The Morgan fingerprint density at radius 2 is 1.70 bits per heavy atom. The summed E-state index contributed by atoms with van der Waals surface area (Å²) >= 11 is 0. The van der Waals surface area contributed by atoms with E-state index >= 15 is 0 Å². The number of hydrogen-bond acceptors (Lipinski definition) is 4. The zero-order valence-electron chi connectivity index (χ0n) is 14.8. The van der Waals surface area contributed by atoms with Crippen LogP contribution in [0.15, 0.2) is 82.2 Å². The van der Waals surface area contributed by atoms with Gasteiger partial charge in [0.2, 0.25) is 0 Å². The highest BCUT2D eigenvalue weighted by atomic mass is 16.3.